The fourth-order valence-corrected chi connectivity index (χ4v) is 2.77. The molecule has 0 saturated heterocycles. The largest absolute Gasteiger partial charge is 0.299 e. The van der Waals surface area contributed by atoms with E-state index in [1.165, 1.54) is 0 Å². The number of aryl methyl sites for hydroxylation is 1. The molecule has 0 aliphatic rings. The zero-order valence-electron chi connectivity index (χ0n) is 11.6. The van der Waals surface area contributed by atoms with Crippen LogP contribution >= 0.6 is 0 Å². The van der Waals surface area contributed by atoms with E-state index in [4.69, 9.17) is 0 Å². The van der Waals surface area contributed by atoms with E-state index in [1.807, 2.05) is 20.8 Å². The molecule has 0 aliphatic carbocycles. The first-order valence-corrected chi connectivity index (χ1v) is 7.94. The Morgan fingerprint density at radius 2 is 1.84 bits per heavy atom. The molecule has 0 radical (unpaired) electrons. The van der Waals surface area contributed by atoms with Gasteiger partial charge in [-0.1, -0.05) is 31.5 Å². The minimum absolute atomic E-state index is 0.106. The Morgan fingerprint density at radius 3 is 2.37 bits per heavy atom. The third kappa shape index (κ3) is 4.76. The molecule has 1 N–H and O–H groups in total. The van der Waals surface area contributed by atoms with Crippen LogP contribution in [0, 0.1) is 12.8 Å². The molecule has 0 spiro atoms. The maximum atomic E-state index is 12.0. The molecule has 1 aromatic carbocycles. The average molecular weight is 283 g/mol. The van der Waals surface area contributed by atoms with Gasteiger partial charge in [-0.25, -0.2) is 13.1 Å². The van der Waals surface area contributed by atoms with Gasteiger partial charge >= 0.3 is 0 Å². The normalized spacial score (nSPS) is 13.2. The minimum Gasteiger partial charge on any atom is -0.299 e. The van der Waals surface area contributed by atoms with Gasteiger partial charge in [0.2, 0.25) is 10.0 Å². The smallest absolute Gasteiger partial charge is 0.240 e. The Balaban J connectivity index is 2.57. The summed E-state index contributed by atoms with van der Waals surface area (Å²) in [6.45, 7) is 5.83. The second kappa shape index (κ2) is 6.82. The fraction of sp³-hybridized carbons (Fsp3) is 0.500. The molecule has 1 unspecified atom stereocenters. The highest BCUT2D eigenvalue weighted by Crippen LogP contribution is 2.11. The number of hydrogen-bond donors (Lipinski definition) is 1. The number of sulfonamides is 1. The first-order valence-electron chi connectivity index (χ1n) is 6.46. The molecule has 0 saturated carbocycles. The van der Waals surface area contributed by atoms with Gasteiger partial charge in [0.25, 0.3) is 0 Å². The molecule has 19 heavy (non-hydrogen) atoms. The van der Waals surface area contributed by atoms with E-state index in [0.29, 0.717) is 12.8 Å². The average Bonchev–Trinajstić information content (AvgIpc) is 2.37. The summed E-state index contributed by atoms with van der Waals surface area (Å²) in [6.07, 6.45) is 1.02. The minimum atomic E-state index is -3.47. The molecule has 0 heterocycles. The Bertz CT molecular complexity index is 520. The van der Waals surface area contributed by atoms with Crippen molar-refractivity contribution in [2.24, 2.45) is 5.92 Å². The van der Waals surface area contributed by atoms with Gasteiger partial charge in [0, 0.05) is 18.9 Å². The van der Waals surface area contributed by atoms with Gasteiger partial charge in [0.15, 0.2) is 0 Å². The number of carbonyl (C=O) groups is 1. The van der Waals surface area contributed by atoms with Crippen LogP contribution in [0.25, 0.3) is 0 Å². The van der Waals surface area contributed by atoms with E-state index in [0.717, 1.165) is 5.56 Å². The highest BCUT2D eigenvalue weighted by atomic mass is 32.2. The number of ketones is 1. The summed E-state index contributed by atoms with van der Waals surface area (Å²) in [7, 11) is -3.47. The summed E-state index contributed by atoms with van der Waals surface area (Å²) in [5.41, 5.74) is 1.01. The van der Waals surface area contributed by atoms with Crippen LogP contribution in [-0.4, -0.2) is 20.7 Å². The highest BCUT2D eigenvalue weighted by molar-refractivity contribution is 7.89. The molecule has 0 amide bonds. The van der Waals surface area contributed by atoms with Crippen molar-refractivity contribution in [1.82, 2.24) is 4.72 Å². The topological polar surface area (TPSA) is 63.2 Å². The van der Waals surface area contributed by atoms with Crippen LogP contribution in [0.4, 0.5) is 0 Å². The third-order valence-electron chi connectivity index (χ3n) is 3.10. The number of benzene rings is 1. The van der Waals surface area contributed by atoms with Crippen LogP contribution < -0.4 is 4.72 Å². The van der Waals surface area contributed by atoms with Crippen LogP contribution in [0.1, 0.15) is 32.3 Å². The summed E-state index contributed by atoms with van der Waals surface area (Å²) < 4.78 is 26.5. The van der Waals surface area contributed by atoms with E-state index in [-0.39, 0.29) is 23.1 Å². The summed E-state index contributed by atoms with van der Waals surface area (Å²) in [4.78, 5) is 11.7. The van der Waals surface area contributed by atoms with Crippen molar-refractivity contribution in [1.29, 1.82) is 0 Å². The Morgan fingerprint density at radius 1 is 1.26 bits per heavy atom. The van der Waals surface area contributed by atoms with Crippen molar-refractivity contribution in [3.8, 4) is 0 Å². The Hall–Kier alpha value is -1.20. The maximum absolute atomic E-state index is 12.0. The van der Waals surface area contributed by atoms with Crippen molar-refractivity contribution >= 4 is 15.8 Å². The monoisotopic (exact) mass is 283 g/mol. The predicted molar refractivity (Wildman–Crippen MR) is 75.4 cm³/mol. The molecule has 0 fully saturated rings. The fourth-order valence-electron chi connectivity index (χ4n) is 1.72. The van der Waals surface area contributed by atoms with Gasteiger partial charge in [-0.3, -0.25) is 4.79 Å². The zero-order valence-corrected chi connectivity index (χ0v) is 12.5. The van der Waals surface area contributed by atoms with Crippen LogP contribution in [0.3, 0.4) is 0 Å². The van der Waals surface area contributed by atoms with Crippen LogP contribution in [0.5, 0.6) is 0 Å². The van der Waals surface area contributed by atoms with E-state index in [2.05, 4.69) is 4.72 Å². The molecule has 0 aromatic heterocycles. The number of nitrogens with one attached hydrogen (secondary N) is 1. The SMILES string of the molecule is CCC(=O)C(C)CCNS(=O)(=O)c1ccc(C)cc1. The number of Topliss-reactive ketones (excluding diaryl/α,β-unsaturated/α-hetero) is 1. The lowest BCUT2D eigenvalue weighted by Crippen LogP contribution is -2.27. The van der Waals surface area contributed by atoms with Crippen LogP contribution in [0.15, 0.2) is 29.2 Å². The third-order valence-corrected chi connectivity index (χ3v) is 4.58. The van der Waals surface area contributed by atoms with Crippen molar-refractivity contribution in [3.63, 3.8) is 0 Å². The van der Waals surface area contributed by atoms with E-state index < -0.39 is 10.0 Å². The van der Waals surface area contributed by atoms with Gasteiger partial charge in [0.1, 0.15) is 5.78 Å². The quantitative estimate of drug-likeness (QED) is 0.835. The molecule has 0 bridgehead atoms. The number of hydrogen-bond acceptors (Lipinski definition) is 3. The standard InChI is InChI=1S/C14H21NO3S/c1-4-14(16)12(3)9-10-15-19(17,18)13-7-5-11(2)6-8-13/h5-8,12,15H,4,9-10H2,1-3H3. The van der Waals surface area contributed by atoms with Gasteiger partial charge in [0.05, 0.1) is 4.90 Å². The highest BCUT2D eigenvalue weighted by Gasteiger charge is 2.15. The van der Waals surface area contributed by atoms with E-state index in [1.54, 1.807) is 24.3 Å². The second-order valence-corrected chi connectivity index (χ2v) is 6.49. The molecular formula is C14H21NO3S. The van der Waals surface area contributed by atoms with Gasteiger partial charge in [-0.05, 0) is 25.5 Å². The summed E-state index contributed by atoms with van der Waals surface area (Å²) in [5.74, 6) is 0.0558. The molecule has 0 aliphatic heterocycles. The van der Waals surface area contributed by atoms with Crippen LogP contribution in [-0.2, 0) is 14.8 Å². The number of carbonyl (C=O) groups excluding carboxylic acids is 1. The van der Waals surface area contributed by atoms with Gasteiger partial charge < -0.3 is 0 Å². The molecule has 1 aromatic rings. The number of rotatable bonds is 7. The zero-order chi connectivity index (χ0) is 14.5. The van der Waals surface area contributed by atoms with Crippen molar-refractivity contribution in [3.05, 3.63) is 29.8 Å². The molecule has 1 rings (SSSR count). The molecule has 4 nitrogen and oxygen atoms in total. The van der Waals surface area contributed by atoms with Crippen LogP contribution in [0.2, 0.25) is 0 Å². The Labute approximate surface area is 115 Å². The molecule has 1 atom stereocenters. The molecule has 106 valence electrons. The van der Waals surface area contributed by atoms with Crippen molar-refractivity contribution in [2.45, 2.75) is 38.5 Å². The first-order chi connectivity index (χ1) is 8.86. The predicted octanol–water partition coefficient (Wildman–Crippen LogP) is 2.28. The van der Waals surface area contributed by atoms with E-state index in [9.17, 15) is 13.2 Å². The first kappa shape index (κ1) is 15.9. The second-order valence-electron chi connectivity index (χ2n) is 4.72. The molecule has 5 heteroatoms. The van der Waals surface area contributed by atoms with E-state index >= 15 is 0 Å². The summed E-state index contributed by atoms with van der Waals surface area (Å²) >= 11 is 0. The lowest BCUT2D eigenvalue weighted by atomic mass is 10.0. The van der Waals surface area contributed by atoms with Gasteiger partial charge in [-0.2, -0.15) is 0 Å². The molecular weight excluding hydrogens is 262 g/mol. The maximum Gasteiger partial charge on any atom is 0.240 e. The summed E-state index contributed by atoms with van der Waals surface area (Å²) in [6, 6.07) is 6.69. The summed E-state index contributed by atoms with van der Waals surface area (Å²) in [5, 5.41) is 0. The Kier molecular flexibility index (Phi) is 5.69. The lowest BCUT2D eigenvalue weighted by Gasteiger charge is -2.10. The van der Waals surface area contributed by atoms with Crippen molar-refractivity contribution < 1.29 is 13.2 Å². The van der Waals surface area contributed by atoms with Crippen molar-refractivity contribution in [2.75, 3.05) is 6.54 Å². The van der Waals surface area contributed by atoms with Gasteiger partial charge in [-0.15, -0.1) is 0 Å². The lowest BCUT2D eigenvalue weighted by molar-refractivity contribution is -0.122.